The van der Waals surface area contributed by atoms with Gasteiger partial charge in [0, 0.05) is 25.7 Å². The van der Waals surface area contributed by atoms with Crippen LogP contribution in [0.3, 0.4) is 0 Å². The third kappa shape index (κ3) is 6.40. The van der Waals surface area contributed by atoms with Crippen molar-refractivity contribution in [1.82, 2.24) is 15.1 Å². The number of rotatable bonds is 8. The lowest BCUT2D eigenvalue weighted by Crippen LogP contribution is -2.48. The van der Waals surface area contributed by atoms with Crippen LogP contribution in [0.25, 0.3) is 0 Å². The number of aliphatic carboxylic acids is 1. The minimum Gasteiger partial charge on any atom is -0.480 e. The van der Waals surface area contributed by atoms with Crippen molar-refractivity contribution < 1.29 is 14.7 Å². The number of carboxylic acid groups (broad SMARTS) is 1. The number of amides is 1. The first kappa shape index (κ1) is 19.2. The number of nitrogens with one attached hydrogen (secondary N) is 1. The summed E-state index contributed by atoms with van der Waals surface area (Å²) in [6.07, 6.45) is 8.34. The number of likely N-dealkylation sites (N-methyl/N-ethyl adjacent to an activating group) is 1. The summed E-state index contributed by atoms with van der Waals surface area (Å²) in [6.45, 7) is 5.94. The summed E-state index contributed by atoms with van der Waals surface area (Å²) in [6, 6.07) is 0.327. The van der Waals surface area contributed by atoms with Crippen molar-refractivity contribution in [1.29, 1.82) is 0 Å². The van der Waals surface area contributed by atoms with Crippen LogP contribution in [0.1, 0.15) is 51.9 Å². The normalized spacial score (nSPS) is 21.1. The SMILES string of the molecule is CCN(CC(=O)O)C1CCN(CC(=O)NCC2CCCCC2)CC1. The van der Waals surface area contributed by atoms with Gasteiger partial charge in [-0.25, -0.2) is 0 Å². The van der Waals surface area contributed by atoms with Crippen LogP contribution >= 0.6 is 0 Å². The zero-order valence-corrected chi connectivity index (χ0v) is 15.0. The highest BCUT2D eigenvalue weighted by molar-refractivity contribution is 5.78. The van der Waals surface area contributed by atoms with E-state index >= 15 is 0 Å². The molecular weight excluding hydrogens is 306 g/mol. The average molecular weight is 339 g/mol. The molecule has 2 aliphatic rings. The molecule has 1 aliphatic heterocycles. The van der Waals surface area contributed by atoms with Crippen LogP contribution in [0, 0.1) is 5.92 Å². The molecule has 1 heterocycles. The van der Waals surface area contributed by atoms with Crippen LogP contribution in [-0.4, -0.2) is 72.1 Å². The van der Waals surface area contributed by atoms with E-state index in [1.807, 2.05) is 11.8 Å². The molecule has 0 aromatic rings. The largest absolute Gasteiger partial charge is 0.480 e. The maximum absolute atomic E-state index is 12.1. The molecule has 2 fully saturated rings. The summed E-state index contributed by atoms with van der Waals surface area (Å²) in [5, 5.41) is 12.1. The van der Waals surface area contributed by atoms with Gasteiger partial charge in [0.2, 0.25) is 5.91 Å². The minimum absolute atomic E-state index is 0.114. The molecule has 6 nitrogen and oxygen atoms in total. The van der Waals surface area contributed by atoms with Gasteiger partial charge >= 0.3 is 5.97 Å². The molecule has 2 N–H and O–H groups in total. The Bertz CT molecular complexity index is 402. The van der Waals surface area contributed by atoms with Gasteiger partial charge in [0.05, 0.1) is 13.1 Å². The summed E-state index contributed by atoms with van der Waals surface area (Å²) in [5.41, 5.74) is 0. The van der Waals surface area contributed by atoms with E-state index in [1.54, 1.807) is 0 Å². The Morgan fingerprint density at radius 3 is 2.38 bits per heavy atom. The molecule has 0 atom stereocenters. The lowest BCUT2D eigenvalue weighted by atomic mass is 9.89. The number of hydrogen-bond donors (Lipinski definition) is 2. The van der Waals surface area contributed by atoms with Crippen molar-refractivity contribution in [3.05, 3.63) is 0 Å². The molecular formula is C18H33N3O3. The lowest BCUT2D eigenvalue weighted by molar-refractivity contribution is -0.139. The van der Waals surface area contributed by atoms with Crippen LogP contribution in [0.4, 0.5) is 0 Å². The maximum Gasteiger partial charge on any atom is 0.317 e. The van der Waals surface area contributed by atoms with Gasteiger partial charge in [0.1, 0.15) is 0 Å². The number of nitrogens with zero attached hydrogens (tertiary/aromatic N) is 2. The summed E-state index contributed by atoms with van der Waals surface area (Å²) < 4.78 is 0. The van der Waals surface area contributed by atoms with Crippen molar-refractivity contribution in [3.8, 4) is 0 Å². The van der Waals surface area contributed by atoms with Gasteiger partial charge in [0.15, 0.2) is 0 Å². The van der Waals surface area contributed by atoms with E-state index in [0.29, 0.717) is 18.5 Å². The van der Waals surface area contributed by atoms with Crippen molar-refractivity contribution in [2.75, 3.05) is 39.3 Å². The zero-order valence-electron chi connectivity index (χ0n) is 15.0. The molecule has 6 heteroatoms. The molecule has 1 amide bonds. The second-order valence-electron chi connectivity index (χ2n) is 7.27. The first-order valence-corrected chi connectivity index (χ1v) is 9.53. The van der Waals surface area contributed by atoms with Crippen molar-refractivity contribution in [2.24, 2.45) is 5.92 Å². The Balaban J connectivity index is 1.64. The van der Waals surface area contributed by atoms with Gasteiger partial charge in [-0.15, -0.1) is 0 Å². The second kappa shape index (κ2) is 9.99. The second-order valence-corrected chi connectivity index (χ2v) is 7.27. The zero-order chi connectivity index (χ0) is 17.4. The first-order chi connectivity index (χ1) is 11.6. The van der Waals surface area contributed by atoms with Crippen LogP contribution in [0.5, 0.6) is 0 Å². The topological polar surface area (TPSA) is 72.9 Å². The predicted molar refractivity (Wildman–Crippen MR) is 93.9 cm³/mol. The van der Waals surface area contributed by atoms with Gasteiger partial charge in [0.25, 0.3) is 0 Å². The molecule has 0 bridgehead atoms. The first-order valence-electron chi connectivity index (χ1n) is 9.53. The van der Waals surface area contributed by atoms with Gasteiger partial charge < -0.3 is 10.4 Å². The molecule has 0 aromatic carbocycles. The molecule has 1 aliphatic carbocycles. The summed E-state index contributed by atoms with van der Waals surface area (Å²) in [5.74, 6) is 0.0424. The molecule has 2 rings (SSSR count). The van der Waals surface area contributed by atoms with E-state index in [1.165, 1.54) is 32.1 Å². The third-order valence-electron chi connectivity index (χ3n) is 5.50. The number of piperidine rings is 1. The molecule has 0 unspecified atom stereocenters. The Kier molecular flexibility index (Phi) is 7.99. The summed E-state index contributed by atoms with van der Waals surface area (Å²) >= 11 is 0. The molecule has 138 valence electrons. The van der Waals surface area contributed by atoms with Crippen LogP contribution in [0.15, 0.2) is 0 Å². The van der Waals surface area contributed by atoms with Gasteiger partial charge in [-0.1, -0.05) is 26.2 Å². The lowest BCUT2D eigenvalue weighted by Gasteiger charge is -2.37. The average Bonchev–Trinajstić information content (AvgIpc) is 2.59. The Hall–Kier alpha value is -1.14. The van der Waals surface area contributed by atoms with Crippen LogP contribution in [-0.2, 0) is 9.59 Å². The van der Waals surface area contributed by atoms with Crippen molar-refractivity contribution in [2.45, 2.75) is 57.9 Å². The van der Waals surface area contributed by atoms with E-state index in [2.05, 4.69) is 10.2 Å². The standard InChI is InChI=1S/C18H33N3O3/c1-2-21(14-18(23)24)16-8-10-20(11-9-16)13-17(22)19-12-15-6-4-3-5-7-15/h15-16H,2-14H2,1H3,(H,19,22)(H,23,24). The van der Waals surface area contributed by atoms with E-state index < -0.39 is 5.97 Å². The molecule has 0 radical (unpaired) electrons. The number of likely N-dealkylation sites (tertiary alicyclic amines) is 1. The summed E-state index contributed by atoms with van der Waals surface area (Å²) in [7, 11) is 0. The highest BCUT2D eigenvalue weighted by Crippen LogP contribution is 2.22. The van der Waals surface area contributed by atoms with E-state index in [9.17, 15) is 9.59 Å². The highest BCUT2D eigenvalue weighted by atomic mass is 16.4. The Morgan fingerprint density at radius 1 is 1.12 bits per heavy atom. The van der Waals surface area contributed by atoms with Gasteiger partial charge in [-0.3, -0.25) is 19.4 Å². The van der Waals surface area contributed by atoms with E-state index in [0.717, 1.165) is 39.0 Å². The maximum atomic E-state index is 12.1. The Labute approximate surface area is 145 Å². The van der Waals surface area contributed by atoms with Crippen LogP contribution < -0.4 is 5.32 Å². The molecule has 0 spiro atoms. The number of carboxylic acids is 1. The fraction of sp³-hybridized carbons (Fsp3) is 0.889. The minimum atomic E-state index is -0.763. The summed E-state index contributed by atoms with van der Waals surface area (Å²) in [4.78, 5) is 27.3. The predicted octanol–water partition coefficient (Wildman–Crippen LogP) is 1.55. The van der Waals surface area contributed by atoms with Crippen LogP contribution in [0.2, 0.25) is 0 Å². The molecule has 0 aromatic heterocycles. The third-order valence-corrected chi connectivity index (χ3v) is 5.50. The van der Waals surface area contributed by atoms with E-state index in [4.69, 9.17) is 5.11 Å². The molecule has 1 saturated heterocycles. The van der Waals surface area contributed by atoms with Crippen molar-refractivity contribution in [3.63, 3.8) is 0 Å². The monoisotopic (exact) mass is 339 g/mol. The quantitative estimate of drug-likeness (QED) is 0.702. The Morgan fingerprint density at radius 2 is 1.79 bits per heavy atom. The van der Waals surface area contributed by atoms with Gasteiger partial charge in [-0.2, -0.15) is 0 Å². The van der Waals surface area contributed by atoms with Gasteiger partial charge in [-0.05, 0) is 38.1 Å². The molecule has 1 saturated carbocycles. The highest BCUT2D eigenvalue weighted by Gasteiger charge is 2.26. The fourth-order valence-electron chi connectivity index (χ4n) is 4.02. The number of hydrogen-bond acceptors (Lipinski definition) is 4. The number of carbonyl (C=O) groups is 2. The number of carbonyl (C=O) groups excluding carboxylic acids is 1. The smallest absolute Gasteiger partial charge is 0.317 e. The molecule has 24 heavy (non-hydrogen) atoms. The van der Waals surface area contributed by atoms with Crippen molar-refractivity contribution >= 4 is 11.9 Å². The fourth-order valence-corrected chi connectivity index (χ4v) is 4.02. The van der Waals surface area contributed by atoms with E-state index in [-0.39, 0.29) is 12.5 Å².